The standard InChI is InChI=1S/C24H27N7O3/c1-17-14-21(29(2)28-17)24(34)26-16-22(32)31-12-10-30(11-13-31)20-8-4-3-7-19(20)23(33)27-18-6-5-9-25-15-18/h3-9,14-15H,10-13,16H2,1-2H3,(H,26,34)(H,27,33). The van der Waals surface area contributed by atoms with Crippen LogP contribution in [0.15, 0.2) is 54.9 Å². The van der Waals surface area contributed by atoms with E-state index in [-0.39, 0.29) is 24.3 Å². The van der Waals surface area contributed by atoms with Crippen LogP contribution in [0.3, 0.4) is 0 Å². The van der Waals surface area contributed by atoms with Gasteiger partial charge in [0.15, 0.2) is 0 Å². The van der Waals surface area contributed by atoms with Gasteiger partial charge in [0, 0.05) is 45.1 Å². The average Bonchev–Trinajstić information content (AvgIpc) is 3.20. The molecule has 3 heterocycles. The van der Waals surface area contributed by atoms with E-state index < -0.39 is 0 Å². The van der Waals surface area contributed by atoms with Crippen LogP contribution in [0, 0.1) is 6.92 Å². The molecule has 0 unspecified atom stereocenters. The molecule has 10 heteroatoms. The van der Waals surface area contributed by atoms with E-state index in [2.05, 4.69) is 25.6 Å². The Morgan fingerprint density at radius 3 is 2.44 bits per heavy atom. The zero-order valence-electron chi connectivity index (χ0n) is 19.2. The zero-order valence-corrected chi connectivity index (χ0v) is 19.2. The molecule has 0 aliphatic carbocycles. The van der Waals surface area contributed by atoms with Crippen LogP contribution in [0.4, 0.5) is 11.4 Å². The third-order valence-electron chi connectivity index (χ3n) is 5.68. The largest absolute Gasteiger partial charge is 0.367 e. The summed E-state index contributed by atoms with van der Waals surface area (Å²) < 4.78 is 1.50. The molecule has 34 heavy (non-hydrogen) atoms. The second-order valence-corrected chi connectivity index (χ2v) is 8.06. The number of aryl methyl sites for hydroxylation is 2. The first-order valence-corrected chi connectivity index (χ1v) is 11.0. The molecule has 1 aliphatic heterocycles. The van der Waals surface area contributed by atoms with Crippen LogP contribution in [0.5, 0.6) is 0 Å². The normalized spacial score (nSPS) is 13.5. The fourth-order valence-electron chi connectivity index (χ4n) is 3.95. The van der Waals surface area contributed by atoms with Gasteiger partial charge in [-0.1, -0.05) is 12.1 Å². The summed E-state index contributed by atoms with van der Waals surface area (Å²) in [4.78, 5) is 45.7. The highest BCUT2D eigenvalue weighted by molar-refractivity contribution is 6.08. The van der Waals surface area contributed by atoms with E-state index in [4.69, 9.17) is 0 Å². The van der Waals surface area contributed by atoms with Crippen molar-refractivity contribution in [2.24, 2.45) is 7.05 Å². The van der Waals surface area contributed by atoms with Crippen molar-refractivity contribution in [3.63, 3.8) is 0 Å². The summed E-state index contributed by atoms with van der Waals surface area (Å²) in [5, 5.41) is 9.70. The molecule has 176 valence electrons. The number of para-hydroxylation sites is 1. The van der Waals surface area contributed by atoms with Gasteiger partial charge in [-0.2, -0.15) is 5.10 Å². The Labute approximate surface area is 197 Å². The summed E-state index contributed by atoms with van der Waals surface area (Å²) in [6.07, 6.45) is 3.24. The van der Waals surface area contributed by atoms with Crippen molar-refractivity contribution in [3.05, 3.63) is 71.8 Å². The molecule has 2 aromatic heterocycles. The Morgan fingerprint density at radius 1 is 1.00 bits per heavy atom. The third-order valence-corrected chi connectivity index (χ3v) is 5.68. The number of aromatic nitrogens is 3. The van der Waals surface area contributed by atoms with Gasteiger partial charge in [-0.15, -0.1) is 0 Å². The van der Waals surface area contributed by atoms with E-state index in [0.717, 1.165) is 11.4 Å². The van der Waals surface area contributed by atoms with Crippen molar-refractivity contribution in [2.45, 2.75) is 6.92 Å². The Hall–Kier alpha value is -4.21. The third kappa shape index (κ3) is 5.22. The summed E-state index contributed by atoms with van der Waals surface area (Å²) in [5.41, 5.74) is 3.16. The van der Waals surface area contributed by atoms with E-state index >= 15 is 0 Å². The molecule has 3 aromatic rings. The van der Waals surface area contributed by atoms with Crippen molar-refractivity contribution in [1.29, 1.82) is 0 Å². The van der Waals surface area contributed by atoms with Crippen LogP contribution in [0.2, 0.25) is 0 Å². The van der Waals surface area contributed by atoms with Crippen LogP contribution >= 0.6 is 0 Å². The number of nitrogens with one attached hydrogen (secondary N) is 2. The van der Waals surface area contributed by atoms with Gasteiger partial charge >= 0.3 is 0 Å². The van der Waals surface area contributed by atoms with Gasteiger partial charge < -0.3 is 20.4 Å². The van der Waals surface area contributed by atoms with Crippen LogP contribution in [-0.4, -0.2) is 70.1 Å². The summed E-state index contributed by atoms with van der Waals surface area (Å²) in [7, 11) is 1.69. The summed E-state index contributed by atoms with van der Waals surface area (Å²) in [5.74, 6) is -0.687. The fourth-order valence-corrected chi connectivity index (χ4v) is 3.95. The Balaban J connectivity index is 1.33. The van der Waals surface area contributed by atoms with Gasteiger partial charge in [-0.05, 0) is 37.3 Å². The second-order valence-electron chi connectivity index (χ2n) is 8.06. The molecule has 1 aromatic carbocycles. The van der Waals surface area contributed by atoms with E-state index in [1.165, 1.54) is 4.68 Å². The number of benzene rings is 1. The van der Waals surface area contributed by atoms with E-state index in [1.807, 2.05) is 25.1 Å². The molecule has 4 rings (SSSR count). The molecule has 1 aliphatic rings. The number of carbonyl (C=O) groups excluding carboxylic acids is 3. The molecule has 2 N–H and O–H groups in total. The quantitative estimate of drug-likeness (QED) is 0.575. The second kappa shape index (κ2) is 10.2. The van der Waals surface area contributed by atoms with Gasteiger partial charge in [-0.3, -0.25) is 24.0 Å². The van der Waals surface area contributed by atoms with Crippen LogP contribution < -0.4 is 15.5 Å². The molecule has 3 amide bonds. The first-order valence-electron chi connectivity index (χ1n) is 11.0. The predicted molar refractivity (Wildman–Crippen MR) is 128 cm³/mol. The predicted octanol–water partition coefficient (Wildman–Crippen LogP) is 1.45. The highest BCUT2D eigenvalue weighted by Gasteiger charge is 2.24. The SMILES string of the molecule is Cc1cc(C(=O)NCC(=O)N2CCN(c3ccccc3C(=O)Nc3cccnc3)CC2)n(C)n1. The Kier molecular flexibility index (Phi) is 6.86. The molecule has 10 nitrogen and oxygen atoms in total. The molecule has 0 atom stereocenters. The first-order chi connectivity index (χ1) is 16.4. The fraction of sp³-hybridized carbons (Fsp3) is 0.292. The lowest BCUT2D eigenvalue weighted by Gasteiger charge is -2.36. The molecule has 0 saturated carbocycles. The van der Waals surface area contributed by atoms with Gasteiger partial charge in [0.1, 0.15) is 5.69 Å². The number of rotatable bonds is 6. The number of piperazine rings is 1. The summed E-state index contributed by atoms with van der Waals surface area (Å²) in [6, 6.07) is 12.6. The molecule has 0 spiro atoms. The first kappa shape index (κ1) is 23.0. The van der Waals surface area contributed by atoms with Crippen molar-refractivity contribution >= 4 is 29.1 Å². The molecule has 0 radical (unpaired) electrons. The maximum Gasteiger partial charge on any atom is 0.269 e. The molecular formula is C24H27N7O3. The minimum atomic E-state index is -0.330. The van der Waals surface area contributed by atoms with E-state index in [9.17, 15) is 14.4 Å². The van der Waals surface area contributed by atoms with Crippen molar-refractivity contribution in [1.82, 2.24) is 25.0 Å². The van der Waals surface area contributed by atoms with Crippen LogP contribution in [-0.2, 0) is 11.8 Å². The van der Waals surface area contributed by atoms with Gasteiger partial charge in [-0.25, -0.2) is 0 Å². The lowest BCUT2D eigenvalue weighted by molar-refractivity contribution is -0.130. The Morgan fingerprint density at radius 2 is 1.76 bits per heavy atom. The minimum absolute atomic E-state index is 0.0762. The molecular weight excluding hydrogens is 434 g/mol. The van der Waals surface area contributed by atoms with Crippen molar-refractivity contribution in [2.75, 3.05) is 42.9 Å². The Bertz CT molecular complexity index is 1180. The van der Waals surface area contributed by atoms with E-state index in [0.29, 0.717) is 43.1 Å². The van der Waals surface area contributed by atoms with Gasteiger partial charge in [0.2, 0.25) is 5.91 Å². The number of carbonyl (C=O) groups is 3. The van der Waals surface area contributed by atoms with Crippen molar-refractivity contribution < 1.29 is 14.4 Å². The lowest BCUT2D eigenvalue weighted by Crippen LogP contribution is -2.51. The number of hydrogen-bond donors (Lipinski definition) is 2. The number of anilines is 2. The molecule has 1 fully saturated rings. The number of nitrogens with zero attached hydrogens (tertiary/aromatic N) is 5. The molecule has 1 saturated heterocycles. The van der Waals surface area contributed by atoms with Crippen molar-refractivity contribution in [3.8, 4) is 0 Å². The van der Waals surface area contributed by atoms with Gasteiger partial charge in [0.25, 0.3) is 11.8 Å². The number of amides is 3. The highest BCUT2D eigenvalue weighted by atomic mass is 16.2. The highest BCUT2D eigenvalue weighted by Crippen LogP contribution is 2.23. The maximum absolute atomic E-state index is 12.9. The molecule has 0 bridgehead atoms. The van der Waals surface area contributed by atoms with Crippen LogP contribution in [0.1, 0.15) is 26.5 Å². The average molecular weight is 462 g/mol. The van der Waals surface area contributed by atoms with E-state index in [1.54, 1.807) is 48.6 Å². The minimum Gasteiger partial charge on any atom is -0.367 e. The smallest absolute Gasteiger partial charge is 0.269 e. The number of pyridine rings is 1. The maximum atomic E-state index is 12.9. The van der Waals surface area contributed by atoms with Gasteiger partial charge in [0.05, 0.1) is 29.7 Å². The monoisotopic (exact) mass is 461 g/mol. The summed E-state index contributed by atoms with van der Waals surface area (Å²) in [6.45, 7) is 3.89. The zero-order chi connectivity index (χ0) is 24.1. The summed E-state index contributed by atoms with van der Waals surface area (Å²) >= 11 is 0. The topological polar surface area (TPSA) is 112 Å². The lowest BCUT2D eigenvalue weighted by atomic mass is 10.1. The number of hydrogen-bond acceptors (Lipinski definition) is 6. The van der Waals surface area contributed by atoms with Crippen LogP contribution in [0.25, 0.3) is 0 Å².